The van der Waals surface area contributed by atoms with E-state index >= 15 is 0 Å². The van der Waals surface area contributed by atoms with Crippen molar-refractivity contribution in [2.45, 2.75) is 37.7 Å². The predicted molar refractivity (Wildman–Crippen MR) is 142 cm³/mol. The second kappa shape index (κ2) is 9.28. The van der Waals surface area contributed by atoms with Crippen molar-refractivity contribution in [3.05, 3.63) is 95.1 Å². The molecule has 1 saturated carbocycles. The lowest BCUT2D eigenvalue weighted by Crippen LogP contribution is -2.47. The first-order valence-electron chi connectivity index (χ1n) is 11.9. The maximum atomic E-state index is 12.4. The average molecular weight is 486 g/mol. The summed E-state index contributed by atoms with van der Waals surface area (Å²) in [6, 6.07) is 21.0. The van der Waals surface area contributed by atoms with Gasteiger partial charge in [-0.15, -0.1) is 0 Å². The molecule has 7 nitrogen and oxygen atoms in total. The summed E-state index contributed by atoms with van der Waals surface area (Å²) < 4.78 is 8.25. The van der Waals surface area contributed by atoms with Crippen molar-refractivity contribution in [3.8, 4) is 0 Å². The van der Waals surface area contributed by atoms with E-state index in [1.807, 2.05) is 22.8 Å². The Bertz CT molecular complexity index is 1400. The molecule has 180 valence electrons. The number of fused-ring (bicyclic) bond motifs is 1. The Balaban J connectivity index is 1.49. The molecule has 2 heterocycles. The van der Waals surface area contributed by atoms with Crippen molar-refractivity contribution in [1.82, 2.24) is 19.5 Å². The largest absolute Gasteiger partial charge is 0.376 e. The number of benzene rings is 2. The van der Waals surface area contributed by atoms with Gasteiger partial charge in [-0.05, 0) is 23.1 Å². The first-order chi connectivity index (χ1) is 16.9. The number of anilines is 1. The summed E-state index contributed by atoms with van der Waals surface area (Å²) in [5, 5.41) is 1.42. The fraction of sp³-hybridized carbons (Fsp3) is 0.296. The molecular formula is C27H31N5O2Si. The zero-order chi connectivity index (χ0) is 24.6. The lowest BCUT2D eigenvalue weighted by molar-refractivity contribution is 0.0976. The van der Waals surface area contributed by atoms with Crippen LogP contribution in [0.3, 0.4) is 0 Å². The van der Waals surface area contributed by atoms with Crippen LogP contribution in [0.1, 0.15) is 18.0 Å². The van der Waals surface area contributed by atoms with Crippen LogP contribution in [0.25, 0.3) is 11.2 Å². The van der Waals surface area contributed by atoms with Gasteiger partial charge in [0.25, 0.3) is 5.56 Å². The summed E-state index contributed by atoms with van der Waals surface area (Å²) in [4.78, 5) is 23.7. The lowest BCUT2D eigenvalue weighted by Gasteiger charge is -2.34. The standard InChI is InChI=1S/C27H31N5O2Si/c1-18-21(16-34-15-19-10-6-4-7-11-19)23(35(2,3)20-12-8-5-9-13-20)14-22(18)32-17-29-24-25(32)30-27(28)31-26(24)33/h4-13,17,21-23H,1,14-16H2,2-3H3,(H3,28,30,31,33). The SMILES string of the molecule is C=C1C(COCc2ccccc2)C([Si](C)(C)c2ccccc2)CC1n1cnc2c(=O)[nH]c(N)nc21. The third-order valence-electron chi connectivity index (χ3n) is 7.51. The Morgan fingerprint density at radius 2 is 1.83 bits per heavy atom. The number of nitrogens with one attached hydrogen (secondary N) is 1. The zero-order valence-electron chi connectivity index (χ0n) is 20.1. The molecule has 3 atom stereocenters. The van der Waals surface area contributed by atoms with Crippen LogP contribution >= 0.6 is 0 Å². The van der Waals surface area contributed by atoms with Gasteiger partial charge < -0.3 is 15.0 Å². The van der Waals surface area contributed by atoms with Gasteiger partial charge in [-0.1, -0.05) is 85.5 Å². The number of H-pyrrole nitrogens is 1. The molecule has 1 fully saturated rings. The van der Waals surface area contributed by atoms with Crippen LogP contribution in [0.4, 0.5) is 5.95 Å². The Morgan fingerprint density at radius 3 is 2.54 bits per heavy atom. The number of rotatable bonds is 7. The number of aromatic nitrogens is 4. The highest BCUT2D eigenvalue weighted by Gasteiger charge is 2.48. The predicted octanol–water partition coefficient (Wildman–Crippen LogP) is 4.02. The van der Waals surface area contributed by atoms with Crippen molar-refractivity contribution >= 4 is 30.4 Å². The Labute approximate surface area is 205 Å². The van der Waals surface area contributed by atoms with Gasteiger partial charge in [-0.3, -0.25) is 9.78 Å². The molecule has 4 aromatic rings. The first-order valence-corrected chi connectivity index (χ1v) is 15.0. The zero-order valence-corrected chi connectivity index (χ0v) is 21.1. The summed E-state index contributed by atoms with van der Waals surface area (Å²) in [5.41, 5.74) is 8.99. The maximum Gasteiger partial charge on any atom is 0.280 e. The number of aromatic amines is 1. The molecule has 0 radical (unpaired) electrons. The summed E-state index contributed by atoms with van der Waals surface area (Å²) in [7, 11) is -1.91. The van der Waals surface area contributed by atoms with E-state index in [-0.39, 0.29) is 23.5 Å². The molecule has 2 aromatic heterocycles. The molecule has 2 aromatic carbocycles. The molecule has 35 heavy (non-hydrogen) atoms. The van der Waals surface area contributed by atoms with Crippen LogP contribution in [0.2, 0.25) is 18.6 Å². The van der Waals surface area contributed by atoms with E-state index in [0.717, 1.165) is 17.6 Å². The van der Waals surface area contributed by atoms with Gasteiger partial charge in [-0.2, -0.15) is 4.98 Å². The van der Waals surface area contributed by atoms with Gasteiger partial charge >= 0.3 is 0 Å². The third-order valence-corrected chi connectivity index (χ3v) is 11.8. The fourth-order valence-corrected chi connectivity index (χ4v) is 9.11. The van der Waals surface area contributed by atoms with Crippen molar-refractivity contribution < 1.29 is 4.74 Å². The van der Waals surface area contributed by atoms with Crippen molar-refractivity contribution in [1.29, 1.82) is 0 Å². The number of hydrogen-bond acceptors (Lipinski definition) is 5. The monoisotopic (exact) mass is 485 g/mol. The molecular weight excluding hydrogens is 454 g/mol. The second-order valence-electron chi connectivity index (χ2n) is 9.90. The van der Waals surface area contributed by atoms with E-state index < -0.39 is 8.07 Å². The number of hydrogen-bond donors (Lipinski definition) is 2. The van der Waals surface area contributed by atoms with E-state index in [1.165, 1.54) is 5.19 Å². The van der Waals surface area contributed by atoms with E-state index in [1.54, 1.807) is 6.33 Å². The third kappa shape index (κ3) is 4.35. The van der Waals surface area contributed by atoms with Gasteiger partial charge in [0.2, 0.25) is 5.95 Å². The minimum Gasteiger partial charge on any atom is -0.376 e. The van der Waals surface area contributed by atoms with Crippen molar-refractivity contribution in [2.75, 3.05) is 12.3 Å². The molecule has 0 saturated heterocycles. The van der Waals surface area contributed by atoms with Crippen LogP contribution in [0.5, 0.6) is 0 Å². The van der Waals surface area contributed by atoms with Crippen LogP contribution in [-0.4, -0.2) is 34.2 Å². The van der Waals surface area contributed by atoms with Crippen LogP contribution in [-0.2, 0) is 11.3 Å². The van der Waals surface area contributed by atoms with Crippen molar-refractivity contribution in [2.24, 2.45) is 5.92 Å². The average Bonchev–Trinajstić information content (AvgIpc) is 3.42. The van der Waals surface area contributed by atoms with Gasteiger partial charge in [0.05, 0.1) is 33.7 Å². The van der Waals surface area contributed by atoms with Gasteiger partial charge in [0.15, 0.2) is 11.2 Å². The molecule has 3 N–H and O–H groups in total. The number of nitrogens with zero attached hydrogens (tertiary/aromatic N) is 3. The summed E-state index contributed by atoms with van der Waals surface area (Å²) in [6.45, 7) is 10.6. The van der Waals surface area contributed by atoms with Gasteiger partial charge in [-0.25, -0.2) is 4.98 Å². The summed E-state index contributed by atoms with van der Waals surface area (Å²) in [5.74, 6) is 0.272. The van der Waals surface area contributed by atoms with Crippen LogP contribution < -0.4 is 16.5 Å². The molecule has 0 aliphatic heterocycles. The number of imidazole rings is 1. The molecule has 1 aliphatic carbocycles. The maximum absolute atomic E-state index is 12.4. The van der Waals surface area contributed by atoms with Gasteiger partial charge in [0, 0.05) is 5.92 Å². The molecule has 0 bridgehead atoms. The highest BCUT2D eigenvalue weighted by atomic mass is 28.3. The highest BCUT2D eigenvalue weighted by Crippen LogP contribution is 2.51. The van der Waals surface area contributed by atoms with E-state index in [0.29, 0.717) is 29.9 Å². The molecule has 8 heteroatoms. The van der Waals surface area contributed by atoms with Crippen LogP contribution in [0.15, 0.2) is 83.9 Å². The molecule has 0 amide bonds. The minimum absolute atomic E-state index is 0.0282. The fourth-order valence-electron chi connectivity index (χ4n) is 5.51. The molecule has 3 unspecified atom stereocenters. The number of nitrogens with two attached hydrogens (primary N) is 1. The Kier molecular flexibility index (Phi) is 6.17. The molecule has 5 rings (SSSR count). The topological polar surface area (TPSA) is 98.8 Å². The van der Waals surface area contributed by atoms with Crippen molar-refractivity contribution in [3.63, 3.8) is 0 Å². The summed E-state index contributed by atoms with van der Waals surface area (Å²) in [6.07, 6.45) is 2.59. The Morgan fingerprint density at radius 1 is 1.14 bits per heavy atom. The van der Waals surface area contributed by atoms with E-state index in [4.69, 9.17) is 10.5 Å². The quantitative estimate of drug-likeness (QED) is 0.304. The number of ether oxygens (including phenoxy) is 1. The molecule has 1 aliphatic rings. The second-order valence-corrected chi connectivity index (χ2v) is 14.7. The smallest absolute Gasteiger partial charge is 0.280 e. The first kappa shape index (κ1) is 23.3. The normalized spacial score (nSPS) is 20.5. The van der Waals surface area contributed by atoms with Gasteiger partial charge in [0.1, 0.15) is 0 Å². The summed E-state index contributed by atoms with van der Waals surface area (Å²) >= 11 is 0. The van der Waals surface area contributed by atoms with E-state index in [9.17, 15) is 4.79 Å². The number of nitrogen functional groups attached to an aromatic ring is 1. The lowest BCUT2D eigenvalue weighted by atomic mass is 10.0. The Hall–Kier alpha value is -3.49. The minimum atomic E-state index is -1.91. The highest BCUT2D eigenvalue weighted by molar-refractivity contribution is 6.91. The van der Waals surface area contributed by atoms with E-state index in [2.05, 4.69) is 77.1 Å². The van der Waals surface area contributed by atoms with Crippen LogP contribution in [0, 0.1) is 5.92 Å². The molecule has 0 spiro atoms.